The monoisotopic (exact) mass is 332 g/mol. The Morgan fingerprint density at radius 2 is 2.00 bits per heavy atom. The van der Waals surface area contributed by atoms with E-state index in [1.54, 1.807) is 32.3 Å². The minimum absolute atomic E-state index is 0.229. The minimum Gasteiger partial charge on any atom is -0.343 e. The standard InChI is InChI=1S/C16H17ClN4O2/c1-21(2)15(22)14-9-13(6-7-18-14)20-16(23)19-10-11-4-3-5-12(17)8-11/h3-9H,10H2,1-2H3,(H2,18,19,20,23). The van der Waals surface area contributed by atoms with E-state index >= 15 is 0 Å². The van der Waals surface area contributed by atoms with Gasteiger partial charge in [0.05, 0.1) is 0 Å². The van der Waals surface area contributed by atoms with Crippen LogP contribution in [0.25, 0.3) is 0 Å². The lowest BCUT2D eigenvalue weighted by molar-refractivity contribution is 0.0822. The lowest BCUT2D eigenvalue weighted by Crippen LogP contribution is -2.28. The van der Waals surface area contributed by atoms with E-state index in [0.717, 1.165) is 5.56 Å². The molecule has 7 heteroatoms. The number of benzene rings is 1. The fraction of sp³-hybridized carbons (Fsp3) is 0.188. The molecule has 0 saturated heterocycles. The number of carbonyl (C=O) groups excluding carboxylic acids is 2. The summed E-state index contributed by atoms with van der Waals surface area (Å²) in [5.74, 6) is -0.229. The largest absolute Gasteiger partial charge is 0.343 e. The average Bonchev–Trinajstić information content (AvgIpc) is 2.52. The molecule has 1 heterocycles. The molecular formula is C16H17ClN4O2. The predicted molar refractivity (Wildman–Crippen MR) is 89.6 cm³/mol. The number of halogens is 1. The van der Waals surface area contributed by atoms with Gasteiger partial charge in [-0.1, -0.05) is 23.7 Å². The molecule has 2 aromatic rings. The maximum atomic E-state index is 11.9. The van der Waals surface area contributed by atoms with Crippen molar-refractivity contribution in [3.05, 3.63) is 58.9 Å². The molecule has 0 saturated carbocycles. The molecule has 6 nitrogen and oxygen atoms in total. The average molecular weight is 333 g/mol. The van der Waals surface area contributed by atoms with Crippen molar-refractivity contribution in [2.45, 2.75) is 6.54 Å². The van der Waals surface area contributed by atoms with Crippen LogP contribution >= 0.6 is 11.6 Å². The number of pyridine rings is 1. The summed E-state index contributed by atoms with van der Waals surface area (Å²) in [5.41, 5.74) is 1.65. The molecule has 0 aliphatic rings. The third-order valence-corrected chi connectivity index (χ3v) is 3.22. The molecule has 3 amide bonds. The van der Waals surface area contributed by atoms with Crippen LogP contribution in [-0.2, 0) is 6.54 Å². The second-order valence-corrected chi connectivity index (χ2v) is 5.50. The molecule has 2 N–H and O–H groups in total. The van der Waals surface area contributed by atoms with Crippen molar-refractivity contribution >= 4 is 29.2 Å². The Kier molecular flexibility index (Phi) is 5.54. The number of rotatable bonds is 4. The van der Waals surface area contributed by atoms with Gasteiger partial charge in [-0.25, -0.2) is 4.79 Å². The van der Waals surface area contributed by atoms with Gasteiger partial charge in [0.1, 0.15) is 5.69 Å². The number of hydrogen-bond donors (Lipinski definition) is 2. The molecule has 0 atom stereocenters. The highest BCUT2D eigenvalue weighted by atomic mass is 35.5. The van der Waals surface area contributed by atoms with Gasteiger partial charge in [0.2, 0.25) is 0 Å². The van der Waals surface area contributed by atoms with Crippen LogP contribution in [0.3, 0.4) is 0 Å². The van der Waals surface area contributed by atoms with Gasteiger partial charge in [-0.15, -0.1) is 0 Å². The SMILES string of the molecule is CN(C)C(=O)c1cc(NC(=O)NCc2cccc(Cl)c2)ccn1. The molecule has 0 radical (unpaired) electrons. The van der Waals surface area contributed by atoms with Gasteiger partial charge >= 0.3 is 6.03 Å². The summed E-state index contributed by atoms with van der Waals surface area (Å²) in [6.07, 6.45) is 1.48. The molecule has 120 valence electrons. The van der Waals surface area contributed by atoms with Crippen LogP contribution in [-0.4, -0.2) is 35.9 Å². The minimum atomic E-state index is -0.376. The summed E-state index contributed by atoms with van der Waals surface area (Å²) in [6.45, 7) is 0.348. The summed E-state index contributed by atoms with van der Waals surface area (Å²) in [6, 6.07) is 10.0. The molecule has 0 bridgehead atoms. The van der Waals surface area contributed by atoms with E-state index in [-0.39, 0.29) is 17.6 Å². The van der Waals surface area contributed by atoms with E-state index in [4.69, 9.17) is 11.6 Å². The molecule has 1 aromatic carbocycles. The fourth-order valence-electron chi connectivity index (χ4n) is 1.86. The molecule has 23 heavy (non-hydrogen) atoms. The summed E-state index contributed by atoms with van der Waals surface area (Å²) in [7, 11) is 3.28. The van der Waals surface area contributed by atoms with Crippen molar-refractivity contribution < 1.29 is 9.59 Å². The second-order valence-electron chi connectivity index (χ2n) is 5.07. The van der Waals surface area contributed by atoms with E-state index in [2.05, 4.69) is 15.6 Å². The van der Waals surface area contributed by atoms with Crippen LogP contribution in [0, 0.1) is 0 Å². The number of amides is 3. The van der Waals surface area contributed by atoms with E-state index < -0.39 is 0 Å². The Hall–Kier alpha value is -2.60. The number of urea groups is 1. The van der Waals surface area contributed by atoms with Crippen LogP contribution in [0.5, 0.6) is 0 Å². The molecular weight excluding hydrogens is 316 g/mol. The topological polar surface area (TPSA) is 74.3 Å². The van der Waals surface area contributed by atoms with Crippen LogP contribution in [0.4, 0.5) is 10.5 Å². The predicted octanol–water partition coefficient (Wildman–Crippen LogP) is 2.76. The second kappa shape index (κ2) is 7.60. The summed E-state index contributed by atoms with van der Waals surface area (Å²) in [4.78, 5) is 29.2. The maximum absolute atomic E-state index is 11.9. The third-order valence-electron chi connectivity index (χ3n) is 2.99. The number of nitrogens with one attached hydrogen (secondary N) is 2. The van der Waals surface area contributed by atoms with Crippen molar-refractivity contribution in [1.29, 1.82) is 0 Å². The number of hydrogen-bond acceptors (Lipinski definition) is 3. The first-order valence-corrected chi connectivity index (χ1v) is 7.30. The van der Waals surface area contributed by atoms with Gasteiger partial charge in [-0.2, -0.15) is 0 Å². The van der Waals surface area contributed by atoms with Crippen molar-refractivity contribution in [2.75, 3.05) is 19.4 Å². The smallest absolute Gasteiger partial charge is 0.319 e. The van der Waals surface area contributed by atoms with E-state index in [1.807, 2.05) is 12.1 Å². The molecule has 0 unspecified atom stereocenters. The summed E-state index contributed by atoms with van der Waals surface area (Å²) in [5, 5.41) is 6.01. The molecule has 0 aliphatic heterocycles. The lowest BCUT2D eigenvalue weighted by Gasteiger charge is -2.11. The maximum Gasteiger partial charge on any atom is 0.319 e. The van der Waals surface area contributed by atoms with Gasteiger partial charge in [0.25, 0.3) is 5.91 Å². The van der Waals surface area contributed by atoms with E-state index in [0.29, 0.717) is 17.3 Å². The van der Waals surface area contributed by atoms with Gasteiger partial charge in [0.15, 0.2) is 0 Å². The molecule has 2 rings (SSSR count). The quantitative estimate of drug-likeness (QED) is 0.904. The highest BCUT2D eigenvalue weighted by Gasteiger charge is 2.11. The summed E-state index contributed by atoms with van der Waals surface area (Å²) >= 11 is 5.89. The van der Waals surface area contributed by atoms with Crippen molar-refractivity contribution in [3.8, 4) is 0 Å². The van der Waals surface area contributed by atoms with Crippen LogP contribution in [0.2, 0.25) is 5.02 Å². The molecule has 1 aromatic heterocycles. The molecule has 0 spiro atoms. The zero-order valence-electron chi connectivity index (χ0n) is 12.8. The third kappa shape index (κ3) is 4.96. The number of nitrogens with zero attached hydrogens (tertiary/aromatic N) is 2. The first kappa shape index (κ1) is 16.8. The van der Waals surface area contributed by atoms with Crippen LogP contribution in [0.15, 0.2) is 42.6 Å². The van der Waals surface area contributed by atoms with E-state index in [9.17, 15) is 9.59 Å². The van der Waals surface area contributed by atoms with Crippen LogP contribution in [0.1, 0.15) is 16.1 Å². The normalized spacial score (nSPS) is 10.0. The van der Waals surface area contributed by atoms with Crippen LogP contribution < -0.4 is 10.6 Å². The van der Waals surface area contributed by atoms with E-state index in [1.165, 1.54) is 17.2 Å². The number of carbonyl (C=O) groups is 2. The molecule has 0 aliphatic carbocycles. The van der Waals surface area contributed by atoms with Crippen molar-refractivity contribution in [3.63, 3.8) is 0 Å². The Labute approximate surface area is 139 Å². The van der Waals surface area contributed by atoms with Crippen molar-refractivity contribution in [1.82, 2.24) is 15.2 Å². The number of anilines is 1. The molecule has 0 fully saturated rings. The highest BCUT2D eigenvalue weighted by Crippen LogP contribution is 2.11. The highest BCUT2D eigenvalue weighted by molar-refractivity contribution is 6.30. The summed E-state index contributed by atoms with van der Waals surface area (Å²) < 4.78 is 0. The Bertz CT molecular complexity index is 719. The fourth-order valence-corrected chi connectivity index (χ4v) is 2.07. The Balaban J connectivity index is 1.95. The zero-order valence-corrected chi connectivity index (χ0v) is 13.6. The number of aromatic nitrogens is 1. The lowest BCUT2D eigenvalue weighted by atomic mass is 10.2. The first-order valence-electron chi connectivity index (χ1n) is 6.92. The van der Waals surface area contributed by atoms with Gasteiger partial charge in [0, 0.05) is 37.5 Å². The van der Waals surface area contributed by atoms with Gasteiger partial charge in [-0.05, 0) is 29.8 Å². The first-order chi connectivity index (χ1) is 11.0. The van der Waals surface area contributed by atoms with Gasteiger partial charge in [-0.3, -0.25) is 9.78 Å². The van der Waals surface area contributed by atoms with Crippen molar-refractivity contribution in [2.24, 2.45) is 0 Å². The Morgan fingerprint density at radius 1 is 1.22 bits per heavy atom. The van der Waals surface area contributed by atoms with Gasteiger partial charge < -0.3 is 15.5 Å². The Morgan fingerprint density at radius 3 is 2.70 bits per heavy atom. The zero-order chi connectivity index (χ0) is 16.8.